The van der Waals surface area contributed by atoms with Gasteiger partial charge in [-0.2, -0.15) is 0 Å². The van der Waals surface area contributed by atoms with Gasteiger partial charge in [0.25, 0.3) is 5.91 Å². The number of carbonyl (C=O) groups excluding carboxylic acids is 2. The third-order valence-electron chi connectivity index (χ3n) is 6.27. The lowest BCUT2D eigenvalue weighted by molar-refractivity contribution is -0.142. The van der Waals surface area contributed by atoms with Crippen molar-refractivity contribution in [2.45, 2.75) is 58.5 Å². The van der Waals surface area contributed by atoms with Crippen LogP contribution in [0.1, 0.15) is 56.2 Å². The van der Waals surface area contributed by atoms with Crippen molar-refractivity contribution in [3.8, 4) is 5.75 Å². The molecule has 0 saturated heterocycles. The van der Waals surface area contributed by atoms with Gasteiger partial charge in [-0.1, -0.05) is 93.9 Å². The molecule has 2 amide bonds. The molecule has 0 saturated carbocycles. The highest BCUT2D eigenvalue weighted by atomic mass is 79.9. The maximum Gasteiger partial charge on any atom is 0.261 e. The Morgan fingerprint density at radius 2 is 1.59 bits per heavy atom. The fourth-order valence-electron chi connectivity index (χ4n) is 4.06. The molecular weight excluding hydrogens is 528 g/mol. The van der Waals surface area contributed by atoms with Crippen molar-refractivity contribution in [3.63, 3.8) is 0 Å². The maximum atomic E-state index is 13.7. The van der Waals surface area contributed by atoms with Gasteiger partial charge >= 0.3 is 0 Å². The summed E-state index contributed by atoms with van der Waals surface area (Å²) in [5, 5.41) is 3.04. The molecule has 0 aliphatic heterocycles. The molecule has 0 aliphatic rings. The first-order valence-electron chi connectivity index (χ1n) is 13.0. The molecule has 0 heterocycles. The first-order chi connectivity index (χ1) is 17.9. The summed E-state index contributed by atoms with van der Waals surface area (Å²) in [5.74, 6) is 0.599. The Balaban J connectivity index is 1.86. The molecule has 37 heavy (non-hydrogen) atoms. The Morgan fingerprint density at radius 1 is 0.946 bits per heavy atom. The number of hydrogen-bond acceptors (Lipinski definition) is 3. The summed E-state index contributed by atoms with van der Waals surface area (Å²) in [6.07, 6.45) is 2.29. The molecular formula is C31H37BrN2O3. The van der Waals surface area contributed by atoms with Gasteiger partial charge in [0, 0.05) is 19.5 Å². The van der Waals surface area contributed by atoms with Gasteiger partial charge in [-0.15, -0.1) is 0 Å². The van der Waals surface area contributed by atoms with Gasteiger partial charge in [-0.3, -0.25) is 9.59 Å². The van der Waals surface area contributed by atoms with Gasteiger partial charge in [0.2, 0.25) is 5.91 Å². The first kappa shape index (κ1) is 28.5. The number of unbranched alkanes of at least 4 members (excludes halogenated alkanes) is 1. The molecule has 1 N–H and O–H groups in total. The lowest BCUT2D eigenvalue weighted by Gasteiger charge is -2.31. The van der Waals surface area contributed by atoms with E-state index in [9.17, 15) is 9.59 Å². The number of ether oxygens (including phenoxy) is 1. The second kappa shape index (κ2) is 14.6. The van der Waals surface area contributed by atoms with Gasteiger partial charge in [0.1, 0.15) is 11.8 Å². The fraction of sp³-hybridized carbons (Fsp3) is 0.355. The average Bonchev–Trinajstić information content (AvgIpc) is 2.91. The Bertz CT molecular complexity index is 1140. The van der Waals surface area contributed by atoms with Crippen LogP contribution in [0.15, 0.2) is 83.3 Å². The van der Waals surface area contributed by atoms with Gasteiger partial charge in [-0.25, -0.2) is 0 Å². The molecule has 6 heteroatoms. The molecule has 0 unspecified atom stereocenters. The van der Waals surface area contributed by atoms with Gasteiger partial charge < -0.3 is 15.0 Å². The molecule has 0 aromatic heterocycles. The SMILES string of the molecule is CCCCNC(=O)[C@@H](Cc1ccccc1)N(Cc1ccccc1)C(=O)COc1ccc(C(C)C)cc1Br. The molecule has 1 atom stereocenters. The van der Waals surface area contributed by atoms with Crippen LogP contribution in [0.25, 0.3) is 0 Å². The number of amides is 2. The number of rotatable bonds is 13. The largest absolute Gasteiger partial charge is 0.483 e. The average molecular weight is 566 g/mol. The van der Waals surface area contributed by atoms with E-state index in [0.29, 0.717) is 31.2 Å². The third-order valence-corrected chi connectivity index (χ3v) is 6.89. The predicted octanol–water partition coefficient (Wildman–Crippen LogP) is 6.51. The zero-order chi connectivity index (χ0) is 26.6. The third kappa shape index (κ3) is 8.74. The maximum absolute atomic E-state index is 13.7. The van der Waals surface area contributed by atoms with Gasteiger partial charge in [-0.05, 0) is 57.1 Å². The highest BCUT2D eigenvalue weighted by molar-refractivity contribution is 9.10. The van der Waals surface area contributed by atoms with Crippen LogP contribution in [-0.4, -0.2) is 35.9 Å². The fourth-order valence-corrected chi connectivity index (χ4v) is 4.57. The Morgan fingerprint density at radius 3 is 2.19 bits per heavy atom. The van der Waals surface area contributed by atoms with E-state index in [1.165, 1.54) is 5.56 Å². The summed E-state index contributed by atoms with van der Waals surface area (Å²) < 4.78 is 6.77. The quantitative estimate of drug-likeness (QED) is 0.241. The molecule has 0 aliphatic carbocycles. The number of benzene rings is 3. The number of nitrogens with one attached hydrogen (secondary N) is 1. The molecule has 0 spiro atoms. The topological polar surface area (TPSA) is 58.6 Å². The number of halogens is 1. The highest BCUT2D eigenvalue weighted by Gasteiger charge is 2.30. The van der Waals surface area contributed by atoms with Crippen molar-refractivity contribution in [1.82, 2.24) is 10.2 Å². The van der Waals surface area contributed by atoms with Crippen molar-refractivity contribution in [2.24, 2.45) is 0 Å². The summed E-state index contributed by atoms with van der Waals surface area (Å²) in [5.41, 5.74) is 3.14. The lowest BCUT2D eigenvalue weighted by Crippen LogP contribution is -2.51. The van der Waals surface area contributed by atoms with Crippen LogP contribution in [0.4, 0.5) is 0 Å². The normalized spacial score (nSPS) is 11.7. The number of hydrogen-bond donors (Lipinski definition) is 1. The van der Waals surface area contributed by atoms with E-state index < -0.39 is 6.04 Å². The van der Waals surface area contributed by atoms with Crippen LogP contribution >= 0.6 is 15.9 Å². The van der Waals surface area contributed by atoms with E-state index >= 15 is 0 Å². The monoisotopic (exact) mass is 564 g/mol. The van der Waals surface area contributed by atoms with E-state index in [1.54, 1.807) is 4.90 Å². The summed E-state index contributed by atoms with van der Waals surface area (Å²) in [7, 11) is 0. The van der Waals surface area contributed by atoms with Crippen molar-refractivity contribution < 1.29 is 14.3 Å². The van der Waals surface area contributed by atoms with Crippen molar-refractivity contribution in [1.29, 1.82) is 0 Å². The van der Waals surface area contributed by atoms with E-state index in [1.807, 2.05) is 78.9 Å². The molecule has 3 rings (SSSR count). The molecule has 5 nitrogen and oxygen atoms in total. The minimum Gasteiger partial charge on any atom is -0.483 e. The minimum absolute atomic E-state index is 0.149. The summed E-state index contributed by atoms with van der Waals surface area (Å²) in [6, 6.07) is 24.8. The van der Waals surface area contributed by atoms with E-state index in [2.05, 4.69) is 42.0 Å². The van der Waals surface area contributed by atoms with Crippen molar-refractivity contribution >= 4 is 27.7 Å². The van der Waals surface area contributed by atoms with Crippen molar-refractivity contribution in [2.75, 3.05) is 13.2 Å². The zero-order valence-corrected chi connectivity index (χ0v) is 23.5. The summed E-state index contributed by atoms with van der Waals surface area (Å²) >= 11 is 3.57. The van der Waals surface area contributed by atoms with Crippen LogP contribution in [0.3, 0.4) is 0 Å². The van der Waals surface area contributed by atoms with Crippen LogP contribution in [0.2, 0.25) is 0 Å². The molecule has 3 aromatic rings. The van der Waals surface area contributed by atoms with Gasteiger partial charge in [0.05, 0.1) is 4.47 Å². The number of nitrogens with zero attached hydrogens (tertiary/aromatic N) is 1. The van der Waals surface area contributed by atoms with Gasteiger partial charge in [0.15, 0.2) is 6.61 Å². The second-order valence-electron chi connectivity index (χ2n) is 9.49. The van der Waals surface area contributed by atoms with E-state index in [0.717, 1.165) is 28.4 Å². The minimum atomic E-state index is -0.665. The number of carbonyl (C=O) groups is 2. The van der Waals surface area contributed by atoms with Crippen LogP contribution in [0.5, 0.6) is 5.75 Å². The second-order valence-corrected chi connectivity index (χ2v) is 10.3. The standard InChI is InChI=1S/C31H37BrN2O3/c1-4-5-18-33-31(36)28(19-24-12-8-6-9-13-24)34(21-25-14-10-7-11-15-25)30(35)22-37-29-17-16-26(23(2)3)20-27(29)32/h6-17,20,23,28H,4-5,18-19,21-22H2,1-3H3,(H,33,36)/t28-/m1/s1. The summed E-state index contributed by atoms with van der Waals surface area (Å²) in [6.45, 7) is 7.08. The summed E-state index contributed by atoms with van der Waals surface area (Å²) in [4.78, 5) is 28.8. The Hall–Kier alpha value is -3.12. The first-order valence-corrected chi connectivity index (χ1v) is 13.8. The van der Waals surface area contributed by atoms with E-state index in [4.69, 9.17) is 4.74 Å². The molecule has 196 valence electrons. The molecule has 0 radical (unpaired) electrons. The van der Waals surface area contributed by atoms with Crippen molar-refractivity contribution in [3.05, 3.63) is 100 Å². The smallest absolute Gasteiger partial charge is 0.261 e. The highest BCUT2D eigenvalue weighted by Crippen LogP contribution is 2.29. The predicted molar refractivity (Wildman–Crippen MR) is 153 cm³/mol. The van der Waals surface area contributed by atoms with Crippen LogP contribution in [0, 0.1) is 0 Å². The molecule has 3 aromatic carbocycles. The Labute approximate surface area is 229 Å². The van der Waals surface area contributed by atoms with Crippen LogP contribution in [-0.2, 0) is 22.6 Å². The molecule has 0 fully saturated rings. The lowest BCUT2D eigenvalue weighted by atomic mass is 10.0. The molecule has 0 bridgehead atoms. The van der Waals surface area contributed by atoms with Crippen LogP contribution < -0.4 is 10.1 Å². The zero-order valence-electron chi connectivity index (χ0n) is 22.0. The van der Waals surface area contributed by atoms with E-state index in [-0.39, 0.29) is 18.4 Å². The Kier molecular flexibility index (Phi) is 11.2.